The number of thioether (sulfide) groups is 1. The zero-order valence-electron chi connectivity index (χ0n) is 16.8. The van der Waals surface area contributed by atoms with Crippen LogP contribution in [-0.2, 0) is 18.2 Å². The van der Waals surface area contributed by atoms with E-state index in [4.69, 9.17) is 5.84 Å². The van der Waals surface area contributed by atoms with Crippen molar-refractivity contribution in [2.75, 3.05) is 5.84 Å². The lowest BCUT2D eigenvalue weighted by Gasteiger charge is -2.19. The van der Waals surface area contributed by atoms with E-state index in [1.54, 1.807) is 20.7 Å². The van der Waals surface area contributed by atoms with Crippen LogP contribution in [0.3, 0.4) is 0 Å². The van der Waals surface area contributed by atoms with Gasteiger partial charge < -0.3 is 5.84 Å². The largest absolute Gasteiger partial charge is 0.335 e. The van der Waals surface area contributed by atoms with E-state index in [0.29, 0.717) is 16.7 Å². The van der Waals surface area contributed by atoms with Gasteiger partial charge >= 0.3 is 0 Å². The number of nitrogens with two attached hydrogens (primary N) is 1. The molecule has 0 unspecified atom stereocenters. The lowest BCUT2D eigenvalue weighted by Crippen LogP contribution is -2.12. The minimum absolute atomic E-state index is 0.109. The third-order valence-electron chi connectivity index (χ3n) is 4.53. The Morgan fingerprint density at radius 2 is 1.86 bits per heavy atom. The second-order valence-electron chi connectivity index (χ2n) is 7.84. The molecule has 0 fully saturated rings. The number of thiazole rings is 1. The summed E-state index contributed by atoms with van der Waals surface area (Å²) in [4.78, 5) is 4.68. The van der Waals surface area contributed by atoms with Gasteiger partial charge in [-0.2, -0.15) is 5.10 Å². The van der Waals surface area contributed by atoms with Crippen molar-refractivity contribution in [3.63, 3.8) is 0 Å². The van der Waals surface area contributed by atoms with Crippen molar-refractivity contribution in [3.8, 4) is 22.0 Å². The van der Waals surface area contributed by atoms with Crippen molar-refractivity contribution in [2.24, 2.45) is 7.05 Å². The van der Waals surface area contributed by atoms with Crippen LogP contribution in [0.25, 0.3) is 22.0 Å². The molecular weight excluding hydrogens is 402 g/mol. The van der Waals surface area contributed by atoms with Crippen LogP contribution in [0.2, 0.25) is 0 Å². The predicted molar refractivity (Wildman–Crippen MR) is 118 cm³/mol. The zero-order valence-corrected chi connectivity index (χ0v) is 18.5. The van der Waals surface area contributed by atoms with E-state index in [1.165, 1.54) is 17.3 Å². The number of nitrogen functional groups attached to an aromatic ring is 1. The maximum Gasteiger partial charge on any atom is 0.210 e. The van der Waals surface area contributed by atoms with E-state index in [-0.39, 0.29) is 5.41 Å². The van der Waals surface area contributed by atoms with Gasteiger partial charge in [0, 0.05) is 35.5 Å². The Balaban J connectivity index is 1.46. The molecule has 0 amide bonds. The summed E-state index contributed by atoms with van der Waals surface area (Å²) < 4.78 is 3.32. The summed E-state index contributed by atoms with van der Waals surface area (Å²) in [5.41, 5.74) is 4.34. The Hall–Kier alpha value is -2.65. The quantitative estimate of drug-likeness (QED) is 0.382. The van der Waals surface area contributed by atoms with Crippen LogP contribution < -0.4 is 5.84 Å². The lowest BCUT2D eigenvalue weighted by atomic mass is 9.87. The van der Waals surface area contributed by atoms with Crippen molar-refractivity contribution in [1.29, 1.82) is 0 Å². The minimum atomic E-state index is 0.109. The zero-order chi connectivity index (χ0) is 20.6. The molecule has 150 valence electrons. The molecular formula is C20H23N7S2. The molecule has 0 radical (unpaired) electrons. The van der Waals surface area contributed by atoms with Gasteiger partial charge in [0.1, 0.15) is 5.01 Å². The molecule has 29 heavy (non-hydrogen) atoms. The smallest absolute Gasteiger partial charge is 0.210 e. The van der Waals surface area contributed by atoms with Gasteiger partial charge in [-0.1, -0.05) is 56.8 Å². The maximum atomic E-state index is 6.26. The van der Waals surface area contributed by atoms with E-state index in [0.717, 1.165) is 21.8 Å². The highest BCUT2D eigenvalue weighted by Gasteiger charge is 2.16. The fraction of sp³-hybridized carbons (Fsp3) is 0.300. The molecule has 0 aliphatic carbocycles. The summed E-state index contributed by atoms with van der Waals surface area (Å²) in [5.74, 6) is 7.59. The molecule has 0 aliphatic heterocycles. The number of hydrogen-bond donors (Lipinski definition) is 1. The molecule has 3 aromatic heterocycles. The van der Waals surface area contributed by atoms with E-state index >= 15 is 0 Å². The average molecular weight is 426 g/mol. The summed E-state index contributed by atoms with van der Waals surface area (Å²) in [6.45, 7) is 6.58. The standard InChI is InChI=1S/C20H23N7S2/c1-20(2,3)15-7-5-13(6-8-15)17-24-25-19(27(17)21)29-12-16-11-28-18(23-16)14-9-22-26(4)10-14/h5-11H,12,21H2,1-4H3. The normalized spacial score (nSPS) is 11.9. The SMILES string of the molecule is Cn1cc(-c2nc(CSc3nnc(-c4ccc(C(C)(C)C)cc4)n3N)cs2)cn1. The Bertz CT molecular complexity index is 1120. The van der Waals surface area contributed by atoms with Crippen LogP contribution in [-0.4, -0.2) is 29.6 Å². The number of aryl methyl sites for hydroxylation is 1. The Labute approximate surface area is 178 Å². The van der Waals surface area contributed by atoms with Crippen molar-refractivity contribution in [3.05, 3.63) is 53.3 Å². The molecule has 0 atom stereocenters. The highest BCUT2D eigenvalue weighted by atomic mass is 32.2. The summed E-state index contributed by atoms with van der Waals surface area (Å²) >= 11 is 3.13. The fourth-order valence-corrected chi connectivity index (χ4v) is 4.52. The van der Waals surface area contributed by atoms with Crippen LogP contribution in [0.1, 0.15) is 32.0 Å². The molecule has 0 spiro atoms. The fourth-order valence-electron chi connectivity index (χ4n) is 2.87. The molecule has 4 aromatic rings. The second-order valence-corrected chi connectivity index (χ2v) is 9.64. The van der Waals surface area contributed by atoms with Gasteiger partial charge in [-0.25, -0.2) is 9.66 Å². The first-order valence-electron chi connectivity index (χ1n) is 9.19. The molecule has 4 rings (SSSR count). The molecule has 0 bridgehead atoms. The van der Waals surface area contributed by atoms with Gasteiger partial charge in [-0.05, 0) is 11.0 Å². The molecule has 2 N–H and O–H groups in total. The highest BCUT2D eigenvalue weighted by molar-refractivity contribution is 7.98. The summed E-state index contributed by atoms with van der Waals surface area (Å²) in [6.07, 6.45) is 3.78. The van der Waals surface area contributed by atoms with Crippen molar-refractivity contribution >= 4 is 23.1 Å². The van der Waals surface area contributed by atoms with E-state index in [2.05, 4.69) is 58.6 Å². The third kappa shape index (κ3) is 4.20. The molecule has 0 saturated heterocycles. The van der Waals surface area contributed by atoms with Gasteiger partial charge in [0.25, 0.3) is 0 Å². The van der Waals surface area contributed by atoms with E-state index in [1.807, 2.05) is 31.6 Å². The number of nitrogens with zero attached hydrogens (tertiary/aromatic N) is 6. The Morgan fingerprint density at radius 1 is 1.10 bits per heavy atom. The van der Waals surface area contributed by atoms with Crippen LogP contribution >= 0.6 is 23.1 Å². The minimum Gasteiger partial charge on any atom is -0.335 e. The first-order chi connectivity index (χ1) is 13.8. The first-order valence-corrected chi connectivity index (χ1v) is 11.1. The number of hydrogen-bond acceptors (Lipinski definition) is 7. The number of rotatable bonds is 5. The van der Waals surface area contributed by atoms with Crippen LogP contribution in [0, 0.1) is 0 Å². The first kappa shape index (κ1) is 19.7. The number of benzene rings is 1. The second kappa shape index (κ2) is 7.64. The molecule has 3 heterocycles. The average Bonchev–Trinajstić information content (AvgIpc) is 3.40. The van der Waals surface area contributed by atoms with Crippen LogP contribution in [0.4, 0.5) is 0 Å². The third-order valence-corrected chi connectivity index (χ3v) is 6.44. The van der Waals surface area contributed by atoms with Crippen molar-refractivity contribution in [1.82, 2.24) is 29.6 Å². The monoisotopic (exact) mass is 425 g/mol. The molecule has 0 aliphatic rings. The van der Waals surface area contributed by atoms with Gasteiger partial charge in [0.15, 0.2) is 5.82 Å². The highest BCUT2D eigenvalue weighted by Crippen LogP contribution is 2.29. The molecule has 9 heteroatoms. The summed E-state index contributed by atoms with van der Waals surface area (Å²) in [7, 11) is 1.90. The molecule has 7 nitrogen and oxygen atoms in total. The van der Waals surface area contributed by atoms with Crippen molar-refractivity contribution < 1.29 is 0 Å². The van der Waals surface area contributed by atoms with E-state index in [9.17, 15) is 0 Å². The van der Waals surface area contributed by atoms with E-state index < -0.39 is 0 Å². The molecule has 1 aromatic carbocycles. The lowest BCUT2D eigenvalue weighted by molar-refractivity contribution is 0.590. The van der Waals surface area contributed by atoms with Gasteiger partial charge in [0.2, 0.25) is 5.16 Å². The number of aromatic nitrogens is 6. The van der Waals surface area contributed by atoms with Crippen molar-refractivity contribution in [2.45, 2.75) is 37.1 Å². The van der Waals surface area contributed by atoms with Crippen LogP contribution in [0.5, 0.6) is 0 Å². The van der Waals surface area contributed by atoms with Gasteiger partial charge in [0.05, 0.1) is 11.9 Å². The van der Waals surface area contributed by atoms with Gasteiger partial charge in [-0.3, -0.25) is 4.68 Å². The topological polar surface area (TPSA) is 87.4 Å². The summed E-state index contributed by atoms with van der Waals surface area (Å²) in [6, 6.07) is 8.32. The predicted octanol–water partition coefficient (Wildman–Crippen LogP) is 4.11. The summed E-state index contributed by atoms with van der Waals surface area (Å²) in [5, 5.41) is 16.4. The molecule has 0 saturated carbocycles. The Kier molecular flexibility index (Phi) is 5.18. The maximum absolute atomic E-state index is 6.26. The Morgan fingerprint density at radius 3 is 2.52 bits per heavy atom. The van der Waals surface area contributed by atoms with Crippen LogP contribution in [0.15, 0.2) is 47.2 Å². The van der Waals surface area contributed by atoms with Gasteiger partial charge in [-0.15, -0.1) is 21.5 Å².